The van der Waals surface area contributed by atoms with Gasteiger partial charge in [-0.1, -0.05) is 0 Å². The zero-order chi connectivity index (χ0) is 12.3. The molecule has 0 amide bonds. The molecule has 1 unspecified atom stereocenters. The van der Waals surface area contributed by atoms with Gasteiger partial charge in [-0.2, -0.15) is 9.61 Å². The second kappa shape index (κ2) is 4.96. The Kier molecular flexibility index (Phi) is 3.38. The van der Waals surface area contributed by atoms with Crippen LogP contribution in [0.4, 0.5) is 5.82 Å². The molecule has 0 aliphatic rings. The van der Waals surface area contributed by atoms with Crippen molar-refractivity contribution in [1.82, 2.24) is 19.8 Å². The van der Waals surface area contributed by atoms with Crippen LogP contribution in [-0.2, 0) is 0 Å². The first-order chi connectivity index (χ1) is 8.16. The van der Waals surface area contributed by atoms with E-state index in [1.54, 1.807) is 12.1 Å². The van der Waals surface area contributed by atoms with E-state index in [-0.39, 0.29) is 11.7 Å². The number of aromatic amines is 1. The Morgan fingerprint density at radius 3 is 3.18 bits per heavy atom. The third kappa shape index (κ3) is 2.82. The van der Waals surface area contributed by atoms with E-state index in [4.69, 9.17) is 5.73 Å². The average molecular weight is 236 g/mol. The molecular formula is C10H16N6O. The molecule has 0 saturated heterocycles. The Labute approximate surface area is 98.0 Å². The number of anilines is 1. The van der Waals surface area contributed by atoms with Crippen LogP contribution in [-0.4, -0.2) is 32.4 Å². The summed E-state index contributed by atoms with van der Waals surface area (Å²) in [5.41, 5.74) is 5.83. The number of nitrogens with one attached hydrogen (secondary N) is 2. The molecule has 2 aromatic rings. The first-order valence-corrected chi connectivity index (χ1v) is 5.61. The Morgan fingerprint density at radius 1 is 1.59 bits per heavy atom. The fourth-order valence-electron chi connectivity index (χ4n) is 1.54. The number of fused-ring (bicyclic) bond motifs is 1. The van der Waals surface area contributed by atoms with E-state index in [9.17, 15) is 4.79 Å². The molecule has 2 aromatic heterocycles. The van der Waals surface area contributed by atoms with Gasteiger partial charge < -0.3 is 11.1 Å². The molecule has 0 saturated carbocycles. The Bertz CT molecular complexity index is 543. The maximum atomic E-state index is 11.3. The number of rotatable bonds is 5. The molecule has 2 rings (SSSR count). The lowest BCUT2D eigenvalue weighted by Gasteiger charge is -2.06. The van der Waals surface area contributed by atoms with Gasteiger partial charge in [-0.3, -0.25) is 0 Å². The van der Waals surface area contributed by atoms with Crippen molar-refractivity contribution >= 4 is 11.5 Å². The molecule has 0 aliphatic carbocycles. The van der Waals surface area contributed by atoms with Crippen molar-refractivity contribution in [3.63, 3.8) is 0 Å². The van der Waals surface area contributed by atoms with Crippen LogP contribution in [0.25, 0.3) is 5.65 Å². The molecule has 0 aromatic carbocycles. The van der Waals surface area contributed by atoms with Crippen LogP contribution in [0, 0.1) is 0 Å². The van der Waals surface area contributed by atoms with E-state index >= 15 is 0 Å². The van der Waals surface area contributed by atoms with Crippen LogP contribution in [0.2, 0.25) is 0 Å². The summed E-state index contributed by atoms with van der Waals surface area (Å²) in [5, 5.41) is 13.4. The fourth-order valence-corrected chi connectivity index (χ4v) is 1.54. The fraction of sp³-hybridized carbons (Fsp3) is 0.500. The van der Waals surface area contributed by atoms with Crippen molar-refractivity contribution in [2.75, 3.05) is 11.9 Å². The molecular weight excluding hydrogens is 220 g/mol. The monoisotopic (exact) mass is 236 g/mol. The topological polar surface area (TPSA) is 101 Å². The number of H-pyrrole nitrogens is 1. The SMILES string of the molecule is CC(N)CCCNc1ccc2n[nH]c(=O)n2n1. The summed E-state index contributed by atoms with van der Waals surface area (Å²) in [4.78, 5) is 11.3. The number of nitrogens with zero attached hydrogens (tertiary/aromatic N) is 3. The minimum absolute atomic E-state index is 0.212. The first-order valence-electron chi connectivity index (χ1n) is 5.61. The highest BCUT2D eigenvalue weighted by Crippen LogP contribution is 2.03. The lowest BCUT2D eigenvalue weighted by Crippen LogP contribution is -2.17. The molecule has 0 spiro atoms. The van der Waals surface area contributed by atoms with Gasteiger partial charge in [-0.25, -0.2) is 9.89 Å². The number of aromatic nitrogens is 4. The Balaban J connectivity index is 1.99. The maximum absolute atomic E-state index is 11.3. The average Bonchev–Trinajstić information content (AvgIpc) is 2.66. The largest absolute Gasteiger partial charge is 0.369 e. The molecule has 4 N–H and O–H groups in total. The van der Waals surface area contributed by atoms with Crippen molar-refractivity contribution in [2.45, 2.75) is 25.8 Å². The quantitative estimate of drug-likeness (QED) is 0.632. The number of hydrogen-bond acceptors (Lipinski definition) is 5. The van der Waals surface area contributed by atoms with Gasteiger partial charge in [-0.15, -0.1) is 5.10 Å². The lowest BCUT2D eigenvalue weighted by molar-refractivity contribution is 0.638. The van der Waals surface area contributed by atoms with E-state index in [1.165, 1.54) is 4.52 Å². The van der Waals surface area contributed by atoms with Crippen molar-refractivity contribution < 1.29 is 0 Å². The number of hydrogen-bond donors (Lipinski definition) is 3. The summed E-state index contributed by atoms with van der Waals surface area (Å²) in [6.07, 6.45) is 1.93. The molecule has 92 valence electrons. The van der Waals surface area contributed by atoms with Gasteiger partial charge in [-0.05, 0) is 31.9 Å². The molecule has 7 nitrogen and oxygen atoms in total. The van der Waals surface area contributed by atoms with Gasteiger partial charge in [0.15, 0.2) is 5.65 Å². The van der Waals surface area contributed by atoms with E-state index < -0.39 is 0 Å². The van der Waals surface area contributed by atoms with Gasteiger partial charge in [0.25, 0.3) is 0 Å². The zero-order valence-electron chi connectivity index (χ0n) is 9.68. The van der Waals surface area contributed by atoms with Crippen LogP contribution < -0.4 is 16.7 Å². The molecule has 0 radical (unpaired) electrons. The molecule has 0 bridgehead atoms. The van der Waals surface area contributed by atoms with Gasteiger partial charge in [0.05, 0.1) is 0 Å². The summed E-state index contributed by atoms with van der Waals surface area (Å²) in [6, 6.07) is 3.74. The molecule has 2 heterocycles. The Morgan fingerprint density at radius 2 is 2.41 bits per heavy atom. The lowest BCUT2D eigenvalue weighted by atomic mass is 10.2. The normalized spacial score (nSPS) is 12.8. The van der Waals surface area contributed by atoms with Crippen LogP contribution in [0.1, 0.15) is 19.8 Å². The summed E-state index contributed by atoms with van der Waals surface area (Å²) in [5.74, 6) is 0.658. The van der Waals surface area contributed by atoms with Gasteiger partial charge >= 0.3 is 5.69 Å². The molecule has 0 fully saturated rings. The Hall–Kier alpha value is -1.89. The molecule has 17 heavy (non-hydrogen) atoms. The van der Waals surface area contributed by atoms with E-state index in [0.717, 1.165) is 19.4 Å². The third-order valence-corrected chi connectivity index (χ3v) is 2.42. The standard InChI is InChI=1S/C10H16N6O/c1-7(11)3-2-6-12-8-4-5-9-13-14-10(17)16(9)15-8/h4-5,7H,2-3,6,11H2,1H3,(H,12,15)(H,14,17). The van der Waals surface area contributed by atoms with Crippen LogP contribution >= 0.6 is 0 Å². The van der Waals surface area contributed by atoms with Crippen LogP contribution in [0.3, 0.4) is 0 Å². The maximum Gasteiger partial charge on any atom is 0.364 e. The van der Waals surface area contributed by atoms with Crippen molar-refractivity contribution in [3.05, 3.63) is 22.6 Å². The highest BCUT2D eigenvalue weighted by molar-refractivity contribution is 5.42. The predicted octanol–water partition coefficient (Wildman–Crippen LogP) is -0.0431. The summed E-state index contributed by atoms with van der Waals surface area (Å²) in [7, 11) is 0. The van der Waals surface area contributed by atoms with Gasteiger partial charge in [0.1, 0.15) is 5.82 Å². The predicted molar refractivity (Wildman–Crippen MR) is 65.0 cm³/mol. The summed E-state index contributed by atoms with van der Waals surface area (Å²) < 4.78 is 1.23. The highest BCUT2D eigenvalue weighted by atomic mass is 16.2. The van der Waals surface area contributed by atoms with Gasteiger partial charge in [0.2, 0.25) is 0 Å². The van der Waals surface area contributed by atoms with Gasteiger partial charge in [0, 0.05) is 12.6 Å². The second-order valence-corrected chi connectivity index (χ2v) is 4.06. The minimum Gasteiger partial charge on any atom is -0.369 e. The van der Waals surface area contributed by atoms with E-state index in [1.807, 2.05) is 6.92 Å². The van der Waals surface area contributed by atoms with E-state index in [0.29, 0.717) is 11.5 Å². The van der Waals surface area contributed by atoms with Crippen LogP contribution in [0.15, 0.2) is 16.9 Å². The number of nitrogens with two attached hydrogens (primary N) is 1. The highest BCUT2D eigenvalue weighted by Gasteiger charge is 2.02. The van der Waals surface area contributed by atoms with Crippen molar-refractivity contribution in [3.8, 4) is 0 Å². The minimum atomic E-state index is -0.334. The smallest absolute Gasteiger partial charge is 0.364 e. The third-order valence-electron chi connectivity index (χ3n) is 2.42. The van der Waals surface area contributed by atoms with E-state index in [2.05, 4.69) is 20.6 Å². The molecule has 1 atom stereocenters. The molecule has 0 aliphatic heterocycles. The summed E-state index contributed by atoms with van der Waals surface area (Å²) >= 11 is 0. The van der Waals surface area contributed by atoms with Crippen molar-refractivity contribution in [1.29, 1.82) is 0 Å². The zero-order valence-corrected chi connectivity index (χ0v) is 9.68. The second-order valence-electron chi connectivity index (χ2n) is 4.06. The van der Waals surface area contributed by atoms with Crippen molar-refractivity contribution in [2.24, 2.45) is 5.73 Å². The summed E-state index contributed by atoms with van der Waals surface area (Å²) in [6.45, 7) is 2.77. The van der Waals surface area contributed by atoms with Crippen LogP contribution in [0.5, 0.6) is 0 Å². The first kappa shape index (κ1) is 11.6. The molecule has 7 heteroatoms.